The molecule has 0 aliphatic heterocycles. The van der Waals surface area contributed by atoms with Crippen LogP contribution >= 0.6 is 15.9 Å². The first-order chi connectivity index (χ1) is 10.0. The Balaban J connectivity index is 1.87. The van der Waals surface area contributed by atoms with Crippen molar-refractivity contribution in [3.05, 3.63) is 64.4 Å². The van der Waals surface area contributed by atoms with Crippen molar-refractivity contribution < 1.29 is 14.1 Å². The van der Waals surface area contributed by atoms with Crippen LogP contribution in [0.3, 0.4) is 0 Å². The number of carbonyl (C=O) groups is 1. The summed E-state index contributed by atoms with van der Waals surface area (Å²) in [5.74, 6) is -0.319. The van der Waals surface area contributed by atoms with Gasteiger partial charge in [-0.2, -0.15) is 0 Å². The van der Waals surface area contributed by atoms with Crippen LogP contribution in [0.2, 0.25) is 0 Å². The smallest absolute Gasteiger partial charge is 0.279 e. The highest BCUT2D eigenvalue weighted by atomic mass is 79.9. The van der Waals surface area contributed by atoms with E-state index in [9.17, 15) is 9.18 Å². The lowest BCUT2D eigenvalue weighted by atomic mass is 10.2. The van der Waals surface area contributed by atoms with Gasteiger partial charge in [0.15, 0.2) is 6.54 Å². The number of halogens is 2. The van der Waals surface area contributed by atoms with Crippen molar-refractivity contribution in [1.29, 1.82) is 0 Å². The van der Waals surface area contributed by atoms with Gasteiger partial charge >= 0.3 is 0 Å². The number of anilines is 1. The second-order valence-electron chi connectivity index (χ2n) is 5.00. The number of hydrogen-bond acceptors (Lipinski definition) is 1. The molecule has 0 aliphatic carbocycles. The lowest BCUT2D eigenvalue weighted by Gasteiger charge is -2.14. The quantitative estimate of drug-likeness (QED) is 0.850. The highest BCUT2D eigenvalue weighted by Gasteiger charge is 2.11. The number of amides is 1. The molecule has 110 valence electrons. The number of rotatable bonds is 5. The second kappa shape index (κ2) is 7.33. The molecule has 2 aromatic carbocycles. The molecule has 0 saturated carbocycles. The minimum atomic E-state index is -0.251. The van der Waals surface area contributed by atoms with Crippen LogP contribution in [0.4, 0.5) is 10.1 Å². The zero-order chi connectivity index (χ0) is 15.2. The molecule has 0 aromatic heterocycles. The third-order valence-corrected chi connectivity index (χ3v) is 3.46. The molecule has 0 aliphatic rings. The normalized spacial score (nSPS) is 12.0. The van der Waals surface area contributed by atoms with Gasteiger partial charge in [0.2, 0.25) is 0 Å². The maximum atomic E-state index is 13.1. The molecular formula is C16H17BrFN2O+. The van der Waals surface area contributed by atoms with Gasteiger partial charge < -0.3 is 10.2 Å². The Morgan fingerprint density at radius 2 is 2.00 bits per heavy atom. The molecule has 5 heteroatoms. The van der Waals surface area contributed by atoms with Crippen molar-refractivity contribution in [3.8, 4) is 0 Å². The molecule has 0 fully saturated rings. The number of hydrogen-bond donors (Lipinski definition) is 2. The van der Waals surface area contributed by atoms with Crippen LogP contribution in [0.5, 0.6) is 0 Å². The number of quaternary nitrogens is 1. The zero-order valence-electron chi connectivity index (χ0n) is 11.7. The van der Waals surface area contributed by atoms with Crippen molar-refractivity contribution in [2.24, 2.45) is 0 Å². The fraction of sp³-hybridized carbons (Fsp3) is 0.188. The molecule has 0 saturated heterocycles. The molecular weight excluding hydrogens is 335 g/mol. The van der Waals surface area contributed by atoms with E-state index in [2.05, 4.69) is 21.2 Å². The minimum Gasteiger partial charge on any atom is -0.326 e. The van der Waals surface area contributed by atoms with Gasteiger partial charge in [-0.05, 0) is 30.3 Å². The largest absolute Gasteiger partial charge is 0.326 e. The number of nitrogens with one attached hydrogen (secondary N) is 2. The Labute approximate surface area is 131 Å². The van der Waals surface area contributed by atoms with Crippen molar-refractivity contribution in [1.82, 2.24) is 0 Å². The molecule has 1 atom stereocenters. The third-order valence-electron chi connectivity index (χ3n) is 2.97. The van der Waals surface area contributed by atoms with Crippen molar-refractivity contribution in [2.75, 3.05) is 18.9 Å². The highest BCUT2D eigenvalue weighted by Crippen LogP contribution is 2.15. The van der Waals surface area contributed by atoms with E-state index in [1.54, 1.807) is 6.07 Å². The van der Waals surface area contributed by atoms with Crippen LogP contribution in [-0.4, -0.2) is 19.5 Å². The van der Waals surface area contributed by atoms with Crippen LogP contribution in [0.15, 0.2) is 53.0 Å². The molecule has 2 N–H and O–H groups in total. The Hall–Kier alpha value is -1.72. The average molecular weight is 352 g/mol. The Morgan fingerprint density at radius 3 is 2.71 bits per heavy atom. The fourth-order valence-corrected chi connectivity index (χ4v) is 2.50. The van der Waals surface area contributed by atoms with E-state index in [1.165, 1.54) is 12.1 Å². The first-order valence-electron chi connectivity index (χ1n) is 6.64. The van der Waals surface area contributed by atoms with Crippen LogP contribution in [0.1, 0.15) is 5.56 Å². The molecule has 0 heterocycles. The van der Waals surface area contributed by atoms with E-state index < -0.39 is 0 Å². The van der Waals surface area contributed by atoms with Gasteiger partial charge in [-0.1, -0.05) is 34.1 Å². The Bertz CT molecular complexity index is 633. The summed E-state index contributed by atoms with van der Waals surface area (Å²) in [6.45, 7) is 0.923. The van der Waals surface area contributed by atoms with Gasteiger partial charge in [-0.15, -0.1) is 0 Å². The number of benzene rings is 2. The molecule has 1 amide bonds. The van der Waals surface area contributed by atoms with Crippen LogP contribution in [0, 0.1) is 5.82 Å². The second-order valence-corrected chi connectivity index (χ2v) is 5.91. The molecule has 3 nitrogen and oxygen atoms in total. The number of likely N-dealkylation sites (N-methyl/N-ethyl adjacent to an activating group) is 1. The lowest BCUT2D eigenvalue weighted by molar-refractivity contribution is -0.885. The van der Waals surface area contributed by atoms with Gasteiger partial charge in [0, 0.05) is 15.7 Å². The third kappa shape index (κ3) is 5.28. The van der Waals surface area contributed by atoms with Gasteiger partial charge in [0.05, 0.1) is 7.05 Å². The van der Waals surface area contributed by atoms with Gasteiger partial charge in [0.25, 0.3) is 5.91 Å². The first-order valence-corrected chi connectivity index (χ1v) is 7.43. The summed E-state index contributed by atoms with van der Waals surface area (Å²) in [5.41, 5.74) is 1.63. The van der Waals surface area contributed by atoms with Crippen LogP contribution in [-0.2, 0) is 11.3 Å². The minimum absolute atomic E-state index is 0.0676. The predicted octanol–water partition coefficient (Wildman–Crippen LogP) is 2.24. The van der Waals surface area contributed by atoms with Gasteiger partial charge in [-0.3, -0.25) is 4.79 Å². The molecule has 2 rings (SSSR count). The molecule has 21 heavy (non-hydrogen) atoms. The summed E-state index contributed by atoms with van der Waals surface area (Å²) < 4.78 is 14.0. The maximum absolute atomic E-state index is 13.1. The summed E-state index contributed by atoms with van der Waals surface area (Å²) >= 11 is 3.36. The van der Waals surface area contributed by atoms with E-state index >= 15 is 0 Å². The van der Waals surface area contributed by atoms with Crippen molar-refractivity contribution in [3.63, 3.8) is 0 Å². The van der Waals surface area contributed by atoms with E-state index in [0.717, 1.165) is 20.6 Å². The SMILES string of the molecule is C[NH+](CC(=O)Nc1cccc(Br)c1)Cc1cccc(F)c1. The van der Waals surface area contributed by atoms with Crippen molar-refractivity contribution >= 4 is 27.5 Å². The monoisotopic (exact) mass is 351 g/mol. The van der Waals surface area contributed by atoms with Crippen LogP contribution < -0.4 is 10.2 Å². The van der Waals surface area contributed by atoms with Crippen LogP contribution in [0.25, 0.3) is 0 Å². The summed E-state index contributed by atoms with van der Waals surface area (Å²) in [6.07, 6.45) is 0. The van der Waals surface area contributed by atoms with Gasteiger partial charge in [-0.25, -0.2) is 4.39 Å². The molecule has 2 aromatic rings. The van der Waals surface area contributed by atoms with E-state index in [-0.39, 0.29) is 11.7 Å². The molecule has 0 spiro atoms. The van der Waals surface area contributed by atoms with E-state index in [4.69, 9.17) is 0 Å². The number of carbonyl (C=O) groups excluding carboxylic acids is 1. The standard InChI is InChI=1S/C16H16BrFN2O/c1-20(10-12-4-2-6-14(18)8-12)11-16(21)19-15-7-3-5-13(17)9-15/h2-9H,10-11H2,1H3,(H,19,21)/p+1. The summed E-state index contributed by atoms with van der Waals surface area (Å²) in [5, 5.41) is 2.85. The summed E-state index contributed by atoms with van der Waals surface area (Å²) in [6, 6.07) is 13.9. The van der Waals surface area contributed by atoms with E-state index in [1.807, 2.05) is 37.4 Å². The zero-order valence-corrected chi connectivity index (χ0v) is 13.3. The molecule has 0 bridgehead atoms. The average Bonchev–Trinajstić information content (AvgIpc) is 2.38. The lowest BCUT2D eigenvalue weighted by Crippen LogP contribution is -3.08. The highest BCUT2D eigenvalue weighted by molar-refractivity contribution is 9.10. The predicted molar refractivity (Wildman–Crippen MR) is 84.6 cm³/mol. The van der Waals surface area contributed by atoms with E-state index in [0.29, 0.717) is 13.1 Å². The first kappa shape index (κ1) is 15.7. The molecule has 0 radical (unpaired) electrons. The van der Waals surface area contributed by atoms with Crippen molar-refractivity contribution in [2.45, 2.75) is 6.54 Å². The Morgan fingerprint density at radius 1 is 1.24 bits per heavy atom. The topological polar surface area (TPSA) is 33.5 Å². The fourth-order valence-electron chi connectivity index (χ4n) is 2.10. The molecule has 1 unspecified atom stereocenters. The Kier molecular flexibility index (Phi) is 5.47. The summed E-state index contributed by atoms with van der Waals surface area (Å²) in [7, 11) is 1.91. The maximum Gasteiger partial charge on any atom is 0.279 e. The van der Waals surface area contributed by atoms with Gasteiger partial charge in [0.1, 0.15) is 12.4 Å². The summed E-state index contributed by atoms with van der Waals surface area (Å²) in [4.78, 5) is 13.0.